The van der Waals surface area contributed by atoms with E-state index >= 15 is 0 Å². The van der Waals surface area contributed by atoms with Crippen molar-refractivity contribution in [3.8, 4) is 22.6 Å². The van der Waals surface area contributed by atoms with Gasteiger partial charge in [-0.1, -0.05) is 101 Å². The molecule has 0 radical (unpaired) electrons. The molecule has 0 spiro atoms. The number of hydrogen-bond acceptors (Lipinski definition) is 10. The van der Waals surface area contributed by atoms with Crippen LogP contribution in [0.4, 0.5) is 0 Å². The van der Waals surface area contributed by atoms with Crippen molar-refractivity contribution in [2.24, 2.45) is 0 Å². The number of esters is 2. The molecule has 0 saturated heterocycles. The van der Waals surface area contributed by atoms with E-state index in [0.29, 0.717) is 28.8 Å². The van der Waals surface area contributed by atoms with Gasteiger partial charge in [0.05, 0.1) is 9.79 Å². The number of fused-ring (bicyclic) bond motifs is 2. The maximum Gasteiger partial charge on any atom is 0.344 e. The molecule has 15 heteroatoms. The van der Waals surface area contributed by atoms with Crippen LogP contribution in [0.2, 0.25) is 0 Å². The lowest BCUT2D eigenvalue weighted by Gasteiger charge is -2.22. The van der Waals surface area contributed by atoms with Gasteiger partial charge in [-0.15, -0.1) is 0 Å². The highest BCUT2D eigenvalue weighted by Crippen LogP contribution is 2.37. The third-order valence-electron chi connectivity index (χ3n) is 11.2. The molecule has 0 fully saturated rings. The molecule has 0 aliphatic heterocycles. The molecular weight excluding hydrogens is 969 g/mol. The van der Waals surface area contributed by atoms with Gasteiger partial charge in [-0.2, -0.15) is 0 Å². The molecule has 5 aromatic rings. The zero-order valence-electron chi connectivity index (χ0n) is 39.9. The van der Waals surface area contributed by atoms with Crippen LogP contribution in [0.25, 0.3) is 11.1 Å². The molecule has 364 valence electrons. The lowest BCUT2D eigenvalue weighted by atomic mass is 9.99. The molecule has 0 heterocycles. The van der Waals surface area contributed by atoms with Crippen LogP contribution in [0, 0.1) is 6.92 Å². The van der Waals surface area contributed by atoms with Gasteiger partial charge in [0.2, 0.25) is 20.0 Å². The molecule has 2 unspecified atom stereocenters. The van der Waals surface area contributed by atoms with Crippen molar-refractivity contribution < 1.29 is 45.4 Å². The summed E-state index contributed by atoms with van der Waals surface area (Å²) in [5.41, 5.74) is 5.44. The fourth-order valence-electron chi connectivity index (χ4n) is 8.23. The Morgan fingerprint density at radius 2 is 1.01 bits per heavy atom. The third-order valence-corrected chi connectivity index (χ3v) is 14.6. The zero-order valence-corrected chi connectivity index (χ0v) is 43.1. The van der Waals surface area contributed by atoms with Gasteiger partial charge in [0.15, 0.2) is 13.2 Å². The van der Waals surface area contributed by atoms with Crippen LogP contribution >= 0.6 is 15.9 Å². The molecule has 0 amide bonds. The summed E-state index contributed by atoms with van der Waals surface area (Å²) in [6, 6.07) is 32.1. The predicted octanol–water partition coefficient (Wildman–Crippen LogP) is 11.0. The molecule has 2 aliphatic carbocycles. The topological polar surface area (TPSA) is 163 Å². The van der Waals surface area contributed by atoms with Gasteiger partial charge in [0.25, 0.3) is 0 Å². The largest absolute Gasteiger partial charge is 0.482 e. The highest BCUT2D eigenvalue weighted by Gasteiger charge is 2.29. The van der Waals surface area contributed by atoms with E-state index in [1.165, 1.54) is 0 Å². The first-order valence-corrected chi connectivity index (χ1v) is 26.7. The number of halogens is 1. The zero-order chi connectivity index (χ0) is 49.3. The molecule has 2 N–H and O–H groups in total. The summed E-state index contributed by atoms with van der Waals surface area (Å²) in [5, 5.41) is 0. The monoisotopic (exact) mass is 1030 g/mol. The number of rotatable bonds is 13. The number of carbonyl (C=O) groups excluding carboxylic acids is 2. The number of nitrogens with one attached hydrogen (secondary N) is 2. The van der Waals surface area contributed by atoms with Crippen molar-refractivity contribution in [3.05, 3.63) is 141 Å². The highest BCUT2D eigenvalue weighted by molar-refractivity contribution is 9.10. The van der Waals surface area contributed by atoms with Crippen molar-refractivity contribution in [1.82, 2.24) is 9.44 Å². The summed E-state index contributed by atoms with van der Waals surface area (Å²) in [5.74, 6) is 0.308. The van der Waals surface area contributed by atoms with E-state index in [4.69, 9.17) is 18.9 Å². The molecular formula is C53H63BrN2O10S2. The van der Waals surface area contributed by atoms with Crippen molar-refractivity contribution in [1.29, 1.82) is 0 Å². The van der Waals surface area contributed by atoms with Gasteiger partial charge in [0.1, 0.15) is 22.7 Å². The maximum atomic E-state index is 13.5. The van der Waals surface area contributed by atoms with Crippen LogP contribution in [0.1, 0.15) is 120 Å². The van der Waals surface area contributed by atoms with Crippen LogP contribution in [-0.2, 0) is 52.0 Å². The van der Waals surface area contributed by atoms with Crippen molar-refractivity contribution in [2.75, 3.05) is 13.2 Å². The molecule has 0 aromatic heterocycles. The Bertz CT molecular complexity index is 2780. The summed E-state index contributed by atoms with van der Waals surface area (Å²) >= 11 is 3.33. The second kappa shape index (κ2) is 22.6. The Hall–Kier alpha value is -5.06. The van der Waals surface area contributed by atoms with Crippen molar-refractivity contribution in [3.63, 3.8) is 0 Å². The van der Waals surface area contributed by atoms with E-state index in [-0.39, 0.29) is 29.0 Å². The Balaban J connectivity index is 0.000000228. The summed E-state index contributed by atoms with van der Waals surface area (Å²) < 4.78 is 81.8. The standard InChI is InChI=1S/C30H35NO5S.C23H28BrNO5S/c1-21-15-17-22(18-16-21)23-9-7-10-24(19-23)37(33,34)31-27-13-6-5-11-26-25(27)12-8-14-28(26)35-20-29(32)36-30(2,3)4;1-23(2,3)30-22(26)15-29-21-13-7-11-18-19(21)10-4-5-12-20(18)25-31(27,28)17-9-6-8-16(24)14-17/h7-10,12,14-19,27,31H,5-6,11,13,20H2,1-4H3;6-9,11,13-14,20,25H,4-5,10,12,15H2,1-3H3. The van der Waals surface area contributed by atoms with Gasteiger partial charge < -0.3 is 18.9 Å². The average Bonchev–Trinajstić information content (AvgIpc) is 3.60. The second-order valence-electron chi connectivity index (χ2n) is 19.1. The molecule has 2 atom stereocenters. The van der Waals surface area contributed by atoms with E-state index in [1.54, 1.807) is 63.2 Å². The minimum absolute atomic E-state index is 0.192. The van der Waals surface area contributed by atoms with Crippen LogP contribution in [0.3, 0.4) is 0 Å². The number of hydrogen-bond donors (Lipinski definition) is 2. The Labute approximate surface area is 410 Å². The summed E-state index contributed by atoms with van der Waals surface area (Å²) in [4.78, 5) is 24.7. The smallest absolute Gasteiger partial charge is 0.344 e. The molecule has 0 saturated carbocycles. The Morgan fingerprint density at radius 3 is 1.47 bits per heavy atom. The van der Waals surface area contributed by atoms with E-state index < -0.39 is 49.2 Å². The van der Waals surface area contributed by atoms with Gasteiger partial charge in [-0.3, -0.25) is 0 Å². The first-order chi connectivity index (χ1) is 32.1. The van der Waals surface area contributed by atoms with E-state index in [2.05, 4.69) is 25.4 Å². The maximum absolute atomic E-state index is 13.5. The number of sulfonamides is 2. The predicted molar refractivity (Wildman–Crippen MR) is 268 cm³/mol. The minimum Gasteiger partial charge on any atom is -0.482 e. The SMILES string of the molecule is CC(C)(C)OC(=O)COc1cccc2c1CCCCC2NS(=O)(=O)c1cccc(Br)c1.Cc1ccc(-c2cccc(S(=O)(=O)NC3CCCCc4c(OCC(=O)OC(C)(C)C)cccc43)c2)cc1. The Morgan fingerprint density at radius 1 is 0.574 bits per heavy atom. The summed E-state index contributed by atoms with van der Waals surface area (Å²) in [7, 11) is -7.48. The molecule has 0 bridgehead atoms. The fourth-order valence-corrected chi connectivity index (χ4v) is 11.4. The van der Waals surface area contributed by atoms with Crippen LogP contribution in [0.5, 0.6) is 11.5 Å². The minimum atomic E-state index is -3.78. The van der Waals surface area contributed by atoms with E-state index in [0.717, 1.165) is 77.5 Å². The van der Waals surface area contributed by atoms with Crippen molar-refractivity contribution >= 4 is 47.9 Å². The van der Waals surface area contributed by atoms with Crippen LogP contribution in [-0.4, -0.2) is 53.2 Å². The van der Waals surface area contributed by atoms with Gasteiger partial charge in [0, 0.05) is 16.6 Å². The van der Waals surface area contributed by atoms with E-state index in [1.807, 2.05) is 94.4 Å². The number of carbonyl (C=O) groups is 2. The number of ether oxygens (including phenoxy) is 4. The lowest BCUT2D eigenvalue weighted by molar-refractivity contribution is -0.158. The highest BCUT2D eigenvalue weighted by atomic mass is 79.9. The van der Waals surface area contributed by atoms with E-state index in [9.17, 15) is 26.4 Å². The molecule has 2 aliphatic rings. The normalized spacial score (nSPS) is 16.4. The van der Waals surface area contributed by atoms with Crippen molar-refractivity contribution in [2.45, 2.75) is 133 Å². The number of benzene rings is 5. The quantitative estimate of drug-likeness (QED) is 0.0857. The average molecular weight is 1030 g/mol. The lowest BCUT2D eigenvalue weighted by Crippen LogP contribution is -2.29. The molecule has 68 heavy (non-hydrogen) atoms. The summed E-state index contributed by atoms with van der Waals surface area (Å²) in [6.45, 7) is 12.5. The second-order valence-corrected chi connectivity index (χ2v) is 23.4. The van der Waals surface area contributed by atoms with Gasteiger partial charge >= 0.3 is 11.9 Å². The summed E-state index contributed by atoms with van der Waals surface area (Å²) in [6.07, 6.45) is 6.45. The first kappa shape index (κ1) is 52.3. The first-order valence-electron chi connectivity index (χ1n) is 23.0. The van der Waals surface area contributed by atoms with Gasteiger partial charge in [-0.05, 0) is 163 Å². The van der Waals surface area contributed by atoms with Crippen LogP contribution in [0.15, 0.2) is 123 Å². The Kier molecular flexibility index (Phi) is 17.4. The number of aryl methyl sites for hydroxylation is 1. The van der Waals surface area contributed by atoms with Gasteiger partial charge in [-0.25, -0.2) is 35.9 Å². The van der Waals surface area contributed by atoms with Crippen LogP contribution < -0.4 is 18.9 Å². The third kappa shape index (κ3) is 15.0. The molecule has 12 nitrogen and oxygen atoms in total. The fraction of sp³-hybridized carbons (Fsp3) is 0.396. The molecule has 7 rings (SSSR count). The molecule has 5 aromatic carbocycles.